The van der Waals surface area contributed by atoms with Gasteiger partial charge in [0.25, 0.3) is 0 Å². The Bertz CT molecular complexity index is 722. The summed E-state index contributed by atoms with van der Waals surface area (Å²) in [4.78, 5) is 16.6. The van der Waals surface area contributed by atoms with Gasteiger partial charge in [-0.2, -0.15) is 0 Å². The molecule has 0 spiro atoms. The Balaban J connectivity index is 1.57. The summed E-state index contributed by atoms with van der Waals surface area (Å²) >= 11 is 3.59. The quantitative estimate of drug-likeness (QED) is 0.827. The molecule has 1 saturated heterocycles. The van der Waals surface area contributed by atoms with Gasteiger partial charge in [-0.15, -0.1) is 0 Å². The van der Waals surface area contributed by atoms with Crippen molar-refractivity contribution in [2.75, 3.05) is 36.4 Å². The van der Waals surface area contributed by atoms with Crippen molar-refractivity contribution >= 4 is 33.3 Å². The molecular formula is C19H22BrN3O. The number of carbonyl (C=O) groups excluding carboxylic acids is 1. The lowest BCUT2D eigenvalue weighted by Gasteiger charge is -2.36. The minimum absolute atomic E-state index is 0.0245. The molecule has 126 valence electrons. The Morgan fingerprint density at radius 1 is 1.00 bits per heavy atom. The number of hydrogen-bond acceptors (Lipinski definition) is 2. The molecule has 0 aliphatic carbocycles. The smallest absolute Gasteiger partial charge is 0.321 e. The van der Waals surface area contributed by atoms with Crippen molar-refractivity contribution in [1.29, 1.82) is 0 Å². The van der Waals surface area contributed by atoms with Crippen LogP contribution in [-0.2, 0) is 0 Å². The highest BCUT2D eigenvalue weighted by Gasteiger charge is 2.21. The third-order valence-electron chi connectivity index (χ3n) is 4.39. The highest BCUT2D eigenvalue weighted by Crippen LogP contribution is 2.24. The number of nitrogens with zero attached hydrogens (tertiary/aromatic N) is 2. The number of rotatable bonds is 2. The lowest BCUT2D eigenvalue weighted by molar-refractivity contribution is 0.208. The van der Waals surface area contributed by atoms with Crippen molar-refractivity contribution in [3.05, 3.63) is 58.1 Å². The maximum atomic E-state index is 12.4. The van der Waals surface area contributed by atoms with Gasteiger partial charge in [0.2, 0.25) is 0 Å². The number of hydrogen-bond donors (Lipinski definition) is 1. The Kier molecular flexibility index (Phi) is 5.09. The van der Waals surface area contributed by atoms with Crippen molar-refractivity contribution in [3.63, 3.8) is 0 Å². The van der Waals surface area contributed by atoms with Crippen LogP contribution in [0.15, 0.2) is 46.9 Å². The molecule has 2 aromatic rings. The predicted octanol–water partition coefficient (Wildman–Crippen LogP) is 4.42. The Labute approximate surface area is 151 Å². The minimum atomic E-state index is -0.0245. The van der Waals surface area contributed by atoms with Crippen LogP contribution in [0.3, 0.4) is 0 Å². The molecule has 3 rings (SSSR count). The van der Waals surface area contributed by atoms with Crippen LogP contribution < -0.4 is 10.2 Å². The molecule has 1 aliphatic rings. The van der Waals surface area contributed by atoms with E-state index in [0.717, 1.165) is 36.3 Å². The van der Waals surface area contributed by atoms with E-state index in [0.29, 0.717) is 0 Å². The molecule has 0 aromatic heterocycles. The molecule has 2 amide bonds. The summed E-state index contributed by atoms with van der Waals surface area (Å²) in [6.45, 7) is 7.26. The number of piperazine rings is 1. The third kappa shape index (κ3) is 3.90. The van der Waals surface area contributed by atoms with E-state index >= 15 is 0 Å². The number of urea groups is 1. The van der Waals surface area contributed by atoms with Gasteiger partial charge in [-0.05, 0) is 43.7 Å². The van der Waals surface area contributed by atoms with Crippen molar-refractivity contribution in [2.45, 2.75) is 13.8 Å². The van der Waals surface area contributed by atoms with Gasteiger partial charge in [0.05, 0.1) is 0 Å². The first-order valence-electron chi connectivity index (χ1n) is 8.16. The molecule has 1 heterocycles. The highest BCUT2D eigenvalue weighted by molar-refractivity contribution is 9.10. The Hall–Kier alpha value is -2.01. The van der Waals surface area contributed by atoms with Gasteiger partial charge in [-0.1, -0.05) is 39.7 Å². The van der Waals surface area contributed by atoms with Gasteiger partial charge < -0.3 is 15.1 Å². The zero-order valence-electron chi connectivity index (χ0n) is 14.1. The lowest BCUT2D eigenvalue weighted by Crippen LogP contribution is -2.50. The number of carbonyl (C=O) groups is 1. The monoisotopic (exact) mass is 387 g/mol. The molecule has 1 fully saturated rings. The summed E-state index contributed by atoms with van der Waals surface area (Å²) < 4.78 is 1.12. The molecule has 1 aliphatic heterocycles. The van der Waals surface area contributed by atoms with Crippen molar-refractivity contribution in [3.8, 4) is 0 Å². The van der Waals surface area contributed by atoms with Crippen molar-refractivity contribution < 1.29 is 4.79 Å². The minimum Gasteiger partial charge on any atom is -0.368 e. The van der Waals surface area contributed by atoms with Gasteiger partial charge in [0.1, 0.15) is 0 Å². The first kappa shape index (κ1) is 16.8. The van der Waals surface area contributed by atoms with E-state index in [9.17, 15) is 4.79 Å². The molecule has 0 bridgehead atoms. The standard InChI is InChI=1S/C19H22BrN3O/c1-14-3-6-16(7-4-14)21-19(24)23-11-9-22(10-12-23)17-8-5-15(2)18(20)13-17/h3-8,13H,9-12H2,1-2H3,(H,21,24). The van der Waals surface area contributed by atoms with Crippen LogP contribution >= 0.6 is 15.9 Å². The van der Waals surface area contributed by atoms with Crippen LogP contribution in [0.1, 0.15) is 11.1 Å². The molecule has 1 N–H and O–H groups in total. The Morgan fingerprint density at radius 2 is 1.67 bits per heavy atom. The Morgan fingerprint density at radius 3 is 2.29 bits per heavy atom. The number of benzene rings is 2. The van der Waals surface area contributed by atoms with Crippen molar-refractivity contribution in [1.82, 2.24) is 4.90 Å². The fourth-order valence-electron chi connectivity index (χ4n) is 2.79. The molecular weight excluding hydrogens is 366 g/mol. The third-order valence-corrected chi connectivity index (χ3v) is 5.24. The number of halogens is 1. The molecule has 0 atom stereocenters. The molecule has 0 unspecified atom stereocenters. The van der Waals surface area contributed by atoms with E-state index in [1.807, 2.05) is 36.1 Å². The number of nitrogens with one attached hydrogen (secondary N) is 1. The number of anilines is 2. The van der Waals surface area contributed by atoms with E-state index in [-0.39, 0.29) is 6.03 Å². The van der Waals surface area contributed by atoms with Gasteiger partial charge >= 0.3 is 6.03 Å². The summed E-state index contributed by atoms with van der Waals surface area (Å²) in [6, 6.07) is 14.3. The zero-order chi connectivity index (χ0) is 17.1. The fourth-order valence-corrected chi connectivity index (χ4v) is 3.15. The topological polar surface area (TPSA) is 35.6 Å². The maximum Gasteiger partial charge on any atom is 0.321 e. The van der Waals surface area contributed by atoms with Gasteiger partial charge in [0, 0.05) is 42.0 Å². The summed E-state index contributed by atoms with van der Waals surface area (Å²) in [5.41, 5.74) is 4.46. The van der Waals surface area contributed by atoms with E-state index in [2.05, 4.69) is 51.3 Å². The molecule has 0 saturated carbocycles. The van der Waals surface area contributed by atoms with E-state index in [4.69, 9.17) is 0 Å². The molecule has 5 heteroatoms. The molecule has 4 nitrogen and oxygen atoms in total. The summed E-state index contributed by atoms with van der Waals surface area (Å²) in [5, 5.41) is 2.97. The second kappa shape index (κ2) is 7.26. The fraction of sp³-hybridized carbons (Fsp3) is 0.316. The normalized spacial score (nSPS) is 14.6. The lowest BCUT2D eigenvalue weighted by atomic mass is 10.2. The zero-order valence-corrected chi connectivity index (χ0v) is 15.6. The van der Waals surface area contributed by atoms with E-state index in [1.54, 1.807) is 0 Å². The van der Waals surface area contributed by atoms with Crippen LogP contribution in [-0.4, -0.2) is 37.1 Å². The number of amides is 2. The second-order valence-corrected chi connectivity index (χ2v) is 7.06. The van der Waals surface area contributed by atoms with Gasteiger partial charge in [0.15, 0.2) is 0 Å². The highest BCUT2D eigenvalue weighted by atomic mass is 79.9. The van der Waals surface area contributed by atoms with Gasteiger partial charge in [-0.3, -0.25) is 0 Å². The van der Waals surface area contributed by atoms with Crippen LogP contribution in [0, 0.1) is 13.8 Å². The largest absolute Gasteiger partial charge is 0.368 e. The maximum absolute atomic E-state index is 12.4. The van der Waals surface area contributed by atoms with E-state index in [1.165, 1.54) is 16.8 Å². The number of aryl methyl sites for hydroxylation is 2. The van der Waals surface area contributed by atoms with Crippen molar-refractivity contribution in [2.24, 2.45) is 0 Å². The van der Waals surface area contributed by atoms with Crippen LogP contribution in [0.2, 0.25) is 0 Å². The first-order chi connectivity index (χ1) is 11.5. The van der Waals surface area contributed by atoms with E-state index < -0.39 is 0 Å². The van der Waals surface area contributed by atoms with Crippen LogP contribution in [0.4, 0.5) is 16.2 Å². The molecule has 24 heavy (non-hydrogen) atoms. The summed E-state index contributed by atoms with van der Waals surface area (Å²) in [6.07, 6.45) is 0. The predicted molar refractivity (Wildman–Crippen MR) is 103 cm³/mol. The SMILES string of the molecule is Cc1ccc(NC(=O)N2CCN(c3ccc(C)c(Br)c3)CC2)cc1. The summed E-state index contributed by atoms with van der Waals surface area (Å²) in [5.74, 6) is 0. The second-order valence-electron chi connectivity index (χ2n) is 6.20. The van der Waals surface area contributed by atoms with Crippen LogP contribution in [0.5, 0.6) is 0 Å². The first-order valence-corrected chi connectivity index (χ1v) is 8.96. The summed E-state index contributed by atoms with van der Waals surface area (Å²) in [7, 11) is 0. The average Bonchev–Trinajstić information content (AvgIpc) is 2.59. The van der Waals surface area contributed by atoms with Crippen LogP contribution in [0.25, 0.3) is 0 Å². The average molecular weight is 388 g/mol. The molecule has 2 aromatic carbocycles. The van der Waals surface area contributed by atoms with Gasteiger partial charge in [-0.25, -0.2) is 4.79 Å². The molecule has 0 radical (unpaired) electrons.